The van der Waals surface area contributed by atoms with Crippen LogP contribution in [0, 0.1) is 6.92 Å². The maximum atomic E-state index is 13.1. The molecule has 158 valence electrons. The fourth-order valence-corrected chi connectivity index (χ4v) is 5.25. The van der Waals surface area contributed by atoms with Gasteiger partial charge in [0.15, 0.2) is 0 Å². The van der Waals surface area contributed by atoms with Crippen molar-refractivity contribution in [3.05, 3.63) is 59.7 Å². The summed E-state index contributed by atoms with van der Waals surface area (Å²) in [5, 5.41) is 5.70. The molecule has 2 aromatic rings. The Morgan fingerprint density at radius 1 is 1.03 bits per heavy atom. The van der Waals surface area contributed by atoms with Gasteiger partial charge in [0.1, 0.15) is 6.04 Å². The number of sulfonamides is 1. The minimum atomic E-state index is -3.76. The lowest BCUT2D eigenvalue weighted by molar-refractivity contribution is -0.119. The highest BCUT2D eigenvalue weighted by atomic mass is 32.2. The topological polar surface area (TPSA) is 95.6 Å². The van der Waals surface area contributed by atoms with Crippen molar-refractivity contribution in [1.82, 2.24) is 9.62 Å². The summed E-state index contributed by atoms with van der Waals surface area (Å²) in [4.78, 5) is 25.3. The molecule has 0 unspecified atom stereocenters. The monoisotopic (exact) mass is 427 g/mol. The number of anilines is 1. The van der Waals surface area contributed by atoms with Gasteiger partial charge in [-0.25, -0.2) is 8.42 Å². The summed E-state index contributed by atoms with van der Waals surface area (Å²) in [5.74, 6) is -0.555. The van der Waals surface area contributed by atoms with Crippen molar-refractivity contribution in [2.24, 2.45) is 0 Å². The highest BCUT2D eigenvalue weighted by Gasteiger charge is 2.39. The first kappa shape index (κ1) is 20.6. The molecule has 0 radical (unpaired) electrons. The molecule has 0 bridgehead atoms. The number of carbonyl (C=O) groups is 2. The lowest BCUT2D eigenvalue weighted by Gasteiger charge is -2.23. The number of nitrogens with zero attached hydrogens (tertiary/aromatic N) is 1. The molecular formula is C22H25N3O4S. The summed E-state index contributed by atoms with van der Waals surface area (Å²) in [6.45, 7) is 2.19. The van der Waals surface area contributed by atoms with Crippen molar-refractivity contribution in [2.45, 2.75) is 49.6 Å². The Hall–Kier alpha value is -2.71. The van der Waals surface area contributed by atoms with E-state index in [9.17, 15) is 18.0 Å². The number of amides is 2. The van der Waals surface area contributed by atoms with Crippen LogP contribution < -0.4 is 10.6 Å². The maximum absolute atomic E-state index is 13.1. The molecule has 2 fully saturated rings. The van der Waals surface area contributed by atoms with Crippen LogP contribution in [0.15, 0.2) is 53.4 Å². The highest BCUT2D eigenvalue weighted by Crippen LogP contribution is 2.27. The van der Waals surface area contributed by atoms with Gasteiger partial charge in [0.25, 0.3) is 5.91 Å². The molecular weight excluding hydrogens is 402 g/mol. The smallest absolute Gasteiger partial charge is 0.251 e. The molecule has 1 atom stereocenters. The number of benzene rings is 2. The second-order valence-electron chi connectivity index (χ2n) is 7.90. The van der Waals surface area contributed by atoms with E-state index in [1.54, 1.807) is 48.5 Å². The molecule has 8 heteroatoms. The summed E-state index contributed by atoms with van der Waals surface area (Å²) in [6.07, 6.45) is 3.07. The lowest BCUT2D eigenvalue weighted by Crippen LogP contribution is -2.43. The van der Waals surface area contributed by atoms with E-state index in [2.05, 4.69) is 10.6 Å². The van der Waals surface area contributed by atoms with E-state index < -0.39 is 16.1 Å². The number of rotatable bonds is 6. The van der Waals surface area contributed by atoms with Gasteiger partial charge in [0.05, 0.1) is 4.90 Å². The van der Waals surface area contributed by atoms with Crippen molar-refractivity contribution in [3.8, 4) is 0 Å². The summed E-state index contributed by atoms with van der Waals surface area (Å²) in [7, 11) is -3.76. The minimum absolute atomic E-state index is 0.168. The second-order valence-corrected chi connectivity index (χ2v) is 9.80. The molecule has 7 nitrogen and oxygen atoms in total. The Balaban J connectivity index is 1.48. The number of nitrogens with one attached hydrogen (secondary N) is 2. The van der Waals surface area contributed by atoms with Crippen molar-refractivity contribution >= 4 is 27.5 Å². The zero-order valence-corrected chi connectivity index (χ0v) is 17.6. The SMILES string of the molecule is Cc1ccc(S(=O)(=O)N2CCC[C@@H]2C(=O)Nc2cccc(C(=O)NC3CC3)c2)cc1. The van der Waals surface area contributed by atoms with Crippen LogP contribution in [-0.4, -0.2) is 43.2 Å². The van der Waals surface area contributed by atoms with Gasteiger partial charge < -0.3 is 10.6 Å². The Morgan fingerprint density at radius 2 is 1.77 bits per heavy atom. The molecule has 0 aromatic heterocycles. The highest BCUT2D eigenvalue weighted by molar-refractivity contribution is 7.89. The normalized spacial score (nSPS) is 19.4. The number of hydrogen-bond donors (Lipinski definition) is 2. The first-order valence-electron chi connectivity index (χ1n) is 10.1. The van der Waals surface area contributed by atoms with Gasteiger partial charge in [-0.15, -0.1) is 0 Å². The molecule has 1 saturated carbocycles. The predicted molar refractivity (Wildman–Crippen MR) is 114 cm³/mol. The second kappa shape index (κ2) is 8.20. The van der Waals surface area contributed by atoms with Crippen LogP contribution in [0.4, 0.5) is 5.69 Å². The fourth-order valence-electron chi connectivity index (χ4n) is 3.60. The first-order valence-corrected chi connectivity index (χ1v) is 11.6. The summed E-state index contributed by atoms with van der Waals surface area (Å²) >= 11 is 0. The first-order chi connectivity index (χ1) is 14.3. The van der Waals surface area contributed by atoms with Crippen molar-refractivity contribution < 1.29 is 18.0 Å². The molecule has 2 aliphatic rings. The summed E-state index contributed by atoms with van der Waals surface area (Å²) < 4.78 is 27.4. The Bertz CT molecular complexity index is 1060. The van der Waals surface area contributed by atoms with Crippen LogP contribution in [0.3, 0.4) is 0 Å². The van der Waals surface area contributed by atoms with Crippen LogP contribution in [0.2, 0.25) is 0 Å². The van der Waals surface area contributed by atoms with Crippen LogP contribution in [0.1, 0.15) is 41.6 Å². The number of aryl methyl sites for hydroxylation is 1. The Kier molecular flexibility index (Phi) is 5.62. The molecule has 1 saturated heterocycles. The number of carbonyl (C=O) groups excluding carboxylic acids is 2. The Labute approximate surface area is 176 Å². The zero-order chi connectivity index (χ0) is 21.3. The largest absolute Gasteiger partial charge is 0.349 e. The minimum Gasteiger partial charge on any atom is -0.349 e. The van der Waals surface area contributed by atoms with Crippen LogP contribution in [0.5, 0.6) is 0 Å². The molecule has 2 amide bonds. The van der Waals surface area contributed by atoms with Gasteiger partial charge in [-0.2, -0.15) is 4.31 Å². The maximum Gasteiger partial charge on any atom is 0.251 e. The van der Waals surface area contributed by atoms with Gasteiger partial charge in [0.2, 0.25) is 15.9 Å². The van der Waals surface area contributed by atoms with Gasteiger partial charge in [-0.05, 0) is 62.9 Å². The molecule has 4 rings (SSSR count). The fraction of sp³-hybridized carbons (Fsp3) is 0.364. The molecule has 2 aromatic carbocycles. The molecule has 2 N–H and O–H groups in total. The molecule has 1 heterocycles. The molecule has 30 heavy (non-hydrogen) atoms. The van der Waals surface area contributed by atoms with E-state index in [4.69, 9.17) is 0 Å². The van der Waals surface area contributed by atoms with E-state index in [-0.39, 0.29) is 22.8 Å². The van der Waals surface area contributed by atoms with Crippen LogP contribution in [-0.2, 0) is 14.8 Å². The Morgan fingerprint density at radius 3 is 2.47 bits per heavy atom. The lowest BCUT2D eigenvalue weighted by atomic mass is 10.1. The van der Waals surface area contributed by atoms with Crippen molar-refractivity contribution in [2.75, 3.05) is 11.9 Å². The van der Waals surface area contributed by atoms with Gasteiger partial charge in [-0.3, -0.25) is 9.59 Å². The van der Waals surface area contributed by atoms with E-state index in [1.807, 2.05) is 6.92 Å². The van der Waals surface area contributed by atoms with Crippen LogP contribution >= 0.6 is 0 Å². The van der Waals surface area contributed by atoms with E-state index in [0.29, 0.717) is 30.6 Å². The standard InChI is InChI=1S/C22H25N3O4S/c1-15-7-11-19(12-8-15)30(28,29)25-13-3-6-20(25)22(27)24-18-5-2-4-16(14-18)21(26)23-17-9-10-17/h2,4-5,7-8,11-12,14,17,20H,3,6,9-10,13H2,1H3,(H,23,26)(H,24,27)/t20-/m1/s1. The predicted octanol–water partition coefficient (Wildman–Crippen LogP) is 2.68. The van der Waals surface area contributed by atoms with Gasteiger partial charge >= 0.3 is 0 Å². The molecule has 1 aliphatic heterocycles. The van der Waals surface area contributed by atoms with Gasteiger partial charge in [-0.1, -0.05) is 23.8 Å². The average molecular weight is 428 g/mol. The zero-order valence-electron chi connectivity index (χ0n) is 16.8. The molecule has 0 spiro atoms. The van der Waals surface area contributed by atoms with E-state index in [1.165, 1.54) is 4.31 Å². The quantitative estimate of drug-likeness (QED) is 0.741. The van der Waals surface area contributed by atoms with Gasteiger partial charge in [0, 0.05) is 23.8 Å². The number of hydrogen-bond acceptors (Lipinski definition) is 4. The summed E-state index contributed by atoms with van der Waals surface area (Å²) in [5.41, 5.74) is 1.91. The summed E-state index contributed by atoms with van der Waals surface area (Å²) in [6, 6.07) is 12.8. The third-order valence-corrected chi connectivity index (χ3v) is 7.36. The third kappa shape index (κ3) is 4.39. The van der Waals surface area contributed by atoms with Crippen LogP contribution in [0.25, 0.3) is 0 Å². The molecule has 1 aliphatic carbocycles. The average Bonchev–Trinajstić information content (AvgIpc) is 3.38. The van der Waals surface area contributed by atoms with Crippen molar-refractivity contribution in [1.29, 1.82) is 0 Å². The third-order valence-electron chi connectivity index (χ3n) is 5.44. The van der Waals surface area contributed by atoms with E-state index >= 15 is 0 Å². The van der Waals surface area contributed by atoms with E-state index in [0.717, 1.165) is 18.4 Å². The van der Waals surface area contributed by atoms with Crippen molar-refractivity contribution in [3.63, 3.8) is 0 Å².